The van der Waals surface area contributed by atoms with Crippen LogP contribution >= 0.6 is 0 Å². The van der Waals surface area contributed by atoms with Crippen molar-refractivity contribution in [2.75, 3.05) is 13.1 Å². The first-order chi connectivity index (χ1) is 15.1. The predicted octanol–water partition coefficient (Wildman–Crippen LogP) is -1.01. The lowest BCUT2D eigenvalue weighted by atomic mass is 10.2. The molecule has 2 aromatic heterocycles. The zero-order chi connectivity index (χ0) is 24.0. The van der Waals surface area contributed by atoms with Crippen LogP contribution in [0.25, 0.3) is 0 Å². The second-order valence-electron chi connectivity index (χ2n) is 7.37. The topological polar surface area (TPSA) is 153 Å². The number of unbranched alkanes of at least 4 members (excludes halogenated alkanes) is 3. The second-order valence-corrected chi connectivity index (χ2v) is 7.37. The normalized spacial score (nSPS) is 11.8. The monoisotopic (exact) mass is 448 g/mol. The van der Waals surface area contributed by atoms with Gasteiger partial charge >= 0.3 is 11.4 Å². The predicted molar refractivity (Wildman–Crippen MR) is 121 cm³/mol. The molecule has 2 heterocycles. The average Bonchev–Trinajstić information content (AvgIpc) is 2.78. The molecule has 32 heavy (non-hydrogen) atoms. The number of aromatic nitrogens is 4. The Kier molecular flexibility index (Phi) is 8.10. The summed E-state index contributed by atoms with van der Waals surface area (Å²) in [5.74, 6) is -0.835. The molecule has 0 aromatic carbocycles. The molecule has 2 N–H and O–H groups in total. The molecule has 0 aliphatic carbocycles. The molecule has 0 atom stereocenters. The fourth-order valence-electron chi connectivity index (χ4n) is 3.02. The Morgan fingerprint density at radius 1 is 0.625 bits per heavy atom. The molecule has 0 saturated heterocycles. The minimum Gasteiger partial charge on any atom is -0.494 e. The molecule has 0 aliphatic heterocycles. The van der Waals surface area contributed by atoms with Gasteiger partial charge in [0.2, 0.25) is 11.8 Å². The Morgan fingerprint density at radius 3 is 1.31 bits per heavy atom. The highest BCUT2D eigenvalue weighted by atomic mass is 16.3. The SMILES string of the molecule is Cn1c(O)c(C=NCCCCCCN=Cc2c(O)n(C)c(=O)n(C)c2=O)c(=O)n(C)c1=O. The van der Waals surface area contributed by atoms with E-state index in [2.05, 4.69) is 9.98 Å². The van der Waals surface area contributed by atoms with Crippen molar-refractivity contribution in [1.82, 2.24) is 18.3 Å². The van der Waals surface area contributed by atoms with Crippen molar-refractivity contribution in [2.24, 2.45) is 38.2 Å². The third-order valence-corrected chi connectivity index (χ3v) is 5.10. The maximum atomic E-state index is 12.1. The highest BCUT2D eigenvalue weighted by Gasteiger charge is 2.13. The fraction of sp³-hybridized carbons (Fsp3) is 0.500. The minimum atomic E-state index is -0.612. The molecule has 0 radical (unpaired) electrons. The maximum Gasteiger partial charge on any atom is 0.333 e. The molecular formula is C20H28N6O6. The molecular weight excluding hydrogens is 420 g/mol. The van der Waals surface area contributed by atoms with E-state index < -0.39 is 34.3 Å². The molecule has 0 spiro atoms. The van der Waals surface area contributed by atoms with E-state index in [1.165, 1.54) is 40.6 Å². The molecule has 174 valence electrons. The molecule has 0 aliphatic rings. The second kappa shape index (κ2) is 10.6. The quantitative estimate of drug-likeness (QED) is 0.370. The lowest BCUT2D eigenvalue weighted by Gasteiger charge is -2.07. The molecule has 0 fully saturated rings. The summed E-state index contributed by atoms with van der Waals surface area (Å²) < 4.78 is 3.78. The van der Waals surface area contributed by atoms with Crippen LogP contribution in [0.3, 0.4) is 0 Å². The Bertz CT molecular complexity index is 1180. The van der Waals surface area contributed by atoms with E-state index in [0.717, 1.165) is 44.0 Å². The van der Waals surface area contributed by atoms with Crippen LogP contribution in [-0.4, -0.2) is 54.0 Å². The number of aromatic hydroxyl groups is 2. The van der Waals surface area contributed by atoms with Gasteiger partial charge in [-0.3, -0.25) is 37.8 Å². The van der Waals surface area contributed by atoms with Crippen LogP contribution < -0.4 is 22.5 Å². The van der Waals surface area contributed by atoms with Crippen LogP contribution in [0.2, 0.25) is 0 Å². The van der Waals surface area contributed by atoms with E-state index in [-0.39, 0.29) is 11.1 Å². The number of hydrogen-bond acceptors (Lipinski definition) is 8. The standard InChI is InChI=1S/C20H28N6O6/c1-23-15(27)13(16(28)24(2)19(23)31)11-21-9-7-5-6-8-10-22-12-14-17(29)25(3)20(32)26(4)18(14)30/h11-12,27,29H,5-10H2,1-4H3. The summed E-state index contributed by atoms with van der Waals surface area (Å²) in [7, 11) is 5.41. The summed E-state index contributed by atoms with van der Waals surface area (Å²) in [4.78, 5) is 55.9. The van der Waals surface area contributed by atoms with Crippen molar-refractivity contribution < 1.29 is 10.2 Å². The smallest absolute Gasteiger partial charge is 0.333 e. The van der Waals surface area contributed by atoms with Crippen LogP contribution in [0.15, 0.2) is 29.2 Å². The zero-order valence-electron chi connectivity index (χ0n) is 18.6. The van der Waals surface area contributed by atoms with Crippen LogP contribution in [0.4, 0.5) is 0 Å². The van der Waals surface area contributed by atoms with Gasteiger partial charge in [-0.1, -0.05) is 12.8 Å². The number of aliphatic imine (C=N–C) groups is 2. The Balaban J connectivity index is 1.80. The third kappa shape index (κ3) is 5.13. The maximum absolute atomic E-state index is 12.1. The van der Waals surface area contributed by atoms with Gasteiger partial charge < -0.3 is 10.2 Å². The third-order valence-electron chi connectivity index (χ3n) is 5.10. The van der Waals surface area contributed by atoms with Gasteiger partial charge in [0.05, 0.1) is 0 Å². The Morgan fingerprint density at radius 2 is 0.969 bits per heavy atom. The first-order valence-corrected chi connectivity index (χ1v) is 10.1. The summed E-state index contributed by atoms with van der Waals surface area (Å²) in [5.41, 5.74) is -2.50. The summed E-state index contributed by atoms with van der Waals surface area (Å²) in [6.07, 6.45) is 5.79. The fourth-order valence-corrected chi connectivity index (χ4v) is 3.02. The van der Waals surface area contributed by atoms with E-state index in [1.807, 2.05) is 0 Å². The Labute approximate surface area is 183 Å². The van der Waals surface area contributed by atoms with E-state index in [0.29, 0.717) is 13.1 Å². The molecule has 12 heteroatoms. The summed E-state index contributed by atoms with van der Waals surface area (Å²) in [5, 5.41) is 19.9. The van der Waals surface area contributed by atoms with Gasteiger partial charge in [0, 0.05) is 53.7 Å². The van der Waals surface area contributed by atoms with Crippen molar-refractivity contribution in [1.29, 1.82) is 0 Å². The van der Waals surface area contributed by atoms with E-state index in [1.54, 1.807) is 0 Å². The van der Waals surface area contributed by atoms with E-state index >= 15 is 0 Å². The van der Waals surface area contributed by atoms with Gasteiger partial charge in [-0.05, 0) is 12.8 Å². The number of hydrogen-bond donors (Lipinski definition) is 2. The van der Waals surface area contributed by atoms with E-state index in [9.17, 15) is 29.4 Å². The van der Waals surface area contributed by atoms with Crippen molar-refractivity contribution >= 4 is 12.4 Å². The summed E-state index contributed by atoms with van der Waals surface area (Å²) in [6, 6.07) is 0. The van der Waals surface area contributed by atoms with Crippen molar-refractivity contribution in [3.05, 3.63) is 52.8 Å². The van der Waals surface area contributed by atoms with Crippen molar-refractivity contribution in [3.8, 4) is 11.8 Å². The van der Waals surface area contributed by atoms with Gasteiger partial charge in [-0.15, -0.1) is 0 Å². The lowest BCUT2D eigenvalue weighted by molar-refractivity contribution is 0.410. The van der Waals surface area contributed by atoms with E-state index in [4.69, 9.17) is 0 Å². The van der Waals surface area contributed by atoms with Gasteiger partial charge in [-0.25, -0.2) is 9.59 Å². The minimum absolute atomic E-state index is 0.0308. The molecule has 0 bridgehead atoms. The number of rotatable bonds is 9. The average molecular weight is 448 g/mol. The van der Waals surface area contributed by atoms with Crippen LogP contribution in [-0.2, 0) is 28.2 Å². The highest BCUT2D eigenvalue weighted by molar-refractivity contribution is 5.82. The molecule has 2 aromatic rings. The largest absolute Gasteiger partial charge is 0.494 e. The first kappa shape index (κ1) is 24.6. The molecule has 2 rings (SSSR count). The van der Waals surface area contributed by atoms with Crippen LogP contribution in [0.1, 0.15) is 36.8 Å². The molecule has 0 amide bonds. The summed E-state index contributed by atoms with van der Waals surface area (Å²) in [6.45, 7) is 0.910. The van der Waals surface area contributed by atoms with Crippen LogP contribution in [0, 0.1) is 0 Å². The van der Waals surface area contributed by atoms with Crippen molar-refractivity contribution in [2.45, 2.75) is 25.7 Å². The number of nitrogens with zero attached hydrogens (tertiary/aromatic N) is 6. The lowest BCUT2D eigenvalue weighted by Crippen LogP contribution is -2.38. The van der Waals surface area contributed by atoms with Gasteiger partial charge in [0.1, 0.15) is 11.1 Å². The molecule has 12 nitrogen and oxygen atoms in total. The zero-order valence-corrected chi connectivity index (χ0v) is 18.6. The first-order valence-electron chi connectivity index (χ1n) is 10.1. The highest BCUT2D eigenvalue weighted by Crippen LogP contribution is 2.07. The van der Waals surface area contributed by atoms with Gasteiger partial charge in [0.15, 0.2) is 0 Å². The molecule has 0 saturated carbocycles. The van der Waals surface area contributed by atoms with Crippen molar-refractivity contribution in [3.63, 3.8) is 0 Å². The summed E-state index contributed by atoms with van der Waals surface area (Å²) >= 11 is 0. The Hall–Kier alpha value is -3.70. The van der Waals surface area contributed by atoms with Gasteiger partial charge in [-0.2, -0.15) is 0 Å². The molecule has 0 unspecified atom stereocenters. The van der Waals surface area contributed by atoms with Crippen LogP contribution in [0.5, 0.6) is 11.8 Å². The van der Waals surface area contributed by atoms with Gasteiger partial charge in [0.25, 0.3) is 11.1 Å².